The third-order valence-corrected chi connectivity index (χ3v) is 1.29. The number of nitrogens with two attached hydrogens (primary N) is 1. The van der Waals surface area contributed by atoms with Gasteiger partial charge in [-0.2, -0.15) is 0 Å². The van der Waals surface area contributed by atoms with Crippen LogP contribution in [0.25, 0.3) is 0 Å². The predicted molar refractivity (Wildman–Crippen MR) is 35.5 cm³/mol. The summed E-state index contributed by atoms with van der Waals surface area (Å²) >= 11 is 0. The van der Waals surface area contributed by atoms with Crippen LogP contribution in [0.5, 0.6) is 0 Å². The molecule has 0 radical (unpaired) electrons. The van der Waals surface area contributed by atoms with Crippen LogP contribution in [0.4, 0.5) is 0 Å². The Balaban J connectivity index is 2.69. The van der Waals surface area contributed by atoms with Crippen LogP contribution in [0.15, 0.2) is 24.1 Å². The van der Waals surface area contributed by atoms with Crippen molar-refractivity contribution in [3.8, 4) is 0 Å². The molecule has 2 N–H and O–H groups in total. The number of hydrogen-bond acceptors (Lipinski definition) is 2. The van der Waals surface area contributed by atoms with E-state index in [2.05, 4.69) is 0 Å². The van der Waals surface area contributed by atoms with Gasteiger partial charge in [-0.25, -0.2) is 0 Å². The molecule has 0 aliphatic carbocycles. The zero-order chi connectivity index (χ0) is 5.82. The molecule has 1 heterocycles. The van der Waals surface area contributed by atoms with Gasteiger partial charge in [0.1, 0.15) is 8.43 Å². The monoisotopic (exact) mass is 127 g/mol. The lowest BCUT2D eigenvalue weighted by molar-refractivity contribution is 0.488. The summed E-state index contributed by atoms with van der Waals surface area (Å²) in [5.74, 6) is 2.34. The highest BCUT2D eigenvalue weighted by Crippen LogP contribution is 2.05. The van der Waals surface area contributed by atoms with Crippen LogP contribution in [-0.4, -0.2) is 5.80 Å². The summed E-state index contributed by atoms with van der Waals surface area (Å²) in [6.07, 6.45) is 5.45. The van der Waals surface area contributed by atoms with Gasteiger partial charge < -0.3 is 10.3 Å². The van der Waals surface area contributed by atoms with Crippen molar-refractivity contribution in [2.45, 2.75) is 0 Å². The second-order valence-corrected chi connectivity index (χ2v) is 1.99. The Hall–Kier alpha value is -0.750. The second kappa shape index (κ2) is 2.53. The van der Waals surface area contributed by atoms with Gasteiger partial charge in [-0.1, -0.05) is 12.2 Å². The SMILES string of the molecule is NC1=CC=CC=PO1. The van der Waals surface area contributed by atoms with E-state index in [1.54, 1.807) is 6.08 Å². The van der Waals surface area contributed by atoms with E-state index in [-0.39, 0.29) is 0 Å². The van der Waals surface area contributed by atoms with Crippen molar-refractivity contribution in [1.82, 2.24) is 0 Å². The van der Waals surface area contributed by atoms with Crippen LogP contribution in [0, 0.1) is 0 Å². The molecule has 1 rings (SSSR count). The summed E-state index contributed by atoms with van der Waals surface area (Å²) in [5, 5.41) is 0. The van der Waals surface area contributed by atoms with Crippen molar-refractivity contribution in [3.63, 3.8) is 0 Å². The van der Waals surface area contributed by atoms with E-state index in [0.29, 0.717) is 5.88 Å². The fourth-order valence-corrected chi connectivity index (χ4v) is 0.770. The molecule has 0 amide bonds. The molecule has 0 atom stereocenters. The Kier molecular flexibility index (Phi) is 1.70. The van der Waals surface area contributed by atoms with Crippen LogP contribution in [0.2, 0.25) is 0 Å². The van der Waals surface area contributed by atoms with Crippen LogP contribution < -0.4 is 5.73 Å². The molecule has 1 aliphatic heterocycles. The first-order valence-corrected chi connectivity index (χ1v) is 3.10. The second-order valence-electron chi connectivity index (χ2n) is 1.30. The molecule has 8 heavy (non-hydrogen) atoms. The predicted octanol–water partition coefficient (Wildman–Crippen LogP) is 1.04. The van der Waals surface area contributed by atoms with Crippen molar-refractivity contribution in [2.75, 3.05) is 0 Å². The molecule has 0 aromatic heterocycles. The molecule has 0 aromatic carbocycles. The zero-order valence-corrected chi connectivity index (χ0v) is 5.14. The van der Waals surface area contributed by atoms with Crippen molar-refractivity contribution >= 4 is 14.2 Å². The molecule has 1 aliphatic rings. The van der Waals surface area contributed by atoms with Crippen LogP contribution in [0.3, 0.4) is 0 Å². The summed E-state index contributed by atoms with van der Waals surface area (Å²) in [6.45, 7) is 0. The van der Waals surface area contributed by atoms with Crippen LogP contribution in [-0.2, 0) is 4.52 Å². The van der Waals surface area contributed by atoms with Gasteiger partial charge in [0.05, 0.1) is 0 Å². The lowest BCUT2D eigenvalue weighted by Crippen LogP contribution is -1.93. The molecule has 42 valence electrons. The molecular weight excluding hydrogens is 121 g/mol. The van der Waals surface area contributed by atoms with E-state index in [1.165, 1.54) is 0 Å². The van der Waals surface area contributed by atoms with Crippen molar-refractivity contribution in [2.24, 2.45) is 5.73 Å². The standard InChI is InChI=1S/C5H6NOP/c6-5-3-1-2-4-8-7-5/h1-4H,6H2. The largest absolute Gasteiger partial charge is 0.423 e. The lowest BCUT2D eigenvalue weighted by Gasteiger charge is -1.91. The van der Waals surface area contributed by atoms with Crippen molar-refractivity contribution in [1.29, 1.82) is 0 Å². The minimum absolute atomic E-state index is 0.469. The molecule has 0 saturated carbocycles. The van der Waals surface area contributed by atoms with Crippen molar-refractivity contribution < 1.29 is 4.52 Å². The normalized spacial score (nSPS) is 18.8. The summed E-state index contributed by atoms with van der Waals surface area (Å²) in [5.41, 5.74) is 5.30. The average molecular weight is 127 g/mol. The van der Waals surface area contributed by atoms with Gasteiger partial charge in [-0.05, 0) is 6.08 Å². The minimum Gasteiger partial charge on any atom is -0.423 e. The van der Waals surface area contributed by atoms with Gasteiger partial charge in [0.15, 0.2) is 5.88 Å². The van der Waals surface area contributed by atoms with E-state index in [0.717, 1.165) is 8.43 Å². The highest BCUT2D eigenvalue weighted by Gasteiger charge is 1.84. The minimum atomic E-state index is 0.469. The fourth-order valence-electron chi connectivity index (χ4n) is 0.357. The topological polar surface area (TPSA) is 35.2 Å². The maximum absolute atomic E-state index is 5.30. The van der Waals surface area contributed by atoms with E-state index < -0.39 is 0 Å². The summed E-state index contributed by atoms with van der Waals surface area (Å²) in [7, 11) is 0.794. The first-order valence-electron chi connectivity index (χ1n) is 2.22. The van der Waals surface area contributed by atoms with Crippen LogP contribution >= 0.6 is 8.43 Å². The Labute approximate surface area is 49.5 Å². The van der Waals surface area contributed by atoms with E-state index in [1.807, 2.05) is 17.9 Å². The fraction of sp³-hybridized carbons (Fsp3) is 0. The molecule has 0 unspecified atom stereocenters. The Morgan fingerprint density at radius 3 is 3.25 bits per heavy atom. The maximum atomic E-state index is 5.30. The molecular formula is C5H6NOP. The smallest absolute Gasteiger partial charge is 0.194 e. The van der Waals surface area contributed by atoms with Gasteiger partial charge in [0.25, 0.3) is 0 Å². The van der Waals surface area contributed by atoms with E-state index in [9.17, 15) is 0 Å². The molecule has 0 aromatic rings. The third-order valence-electron chi connectivity index (χ3n) is 0.677. The first-order chi connectivity index (χ1) is 3.89. The summed E-state index contributed by atoms with van der Waals surface area (Å²) in [4.78, 5) is 0. The third kappa shape index (κ3) is 1.39. The molecule has 0 bridgehead atoms. The Morgan fingerprint density at radius 2 is 2.38 bits per heavy atom. The van der Waals surface area contributed by atoms with Gasteiger partial charge >= 0.3 is 0 Å². The number of allylic oxidation sites excluding steroid dienone is 3. The molecule has 3 heteroatoms. The number of rotatable bonds is 0. The average Bonchev–Trinajstić information content (AvgIpc) is 1.94. The van der Waals surface area contributed by atoms with Gasteiger partial charge in [-0.15, -0.1) is 0 Å². The van der Waals surface area contributed by atoms with Crippen LogP contribution in [0.1, 0.15) is 0 Å². The highest BCUT2D eigenvalue weighted by atomic mass is 31.1. The first kappa shape index (κ1) is 5.39. The zero-order valence-electron chi connectivity index (χ0n) is 4.24. The van der Waals surface area contributed by atoms with Gasteiger partial charge in [0, 0.05) is 5.80 Å². The molecule has 0 fully saturated rings. The highest BCUT2D eigenvalue weighted by molar-refractivity contribution is 7.33. The summed E-state index contributed by atoms with van der Waals surface area (Å²) < 4.78 is 4.90. The van der Waals surface area contributed by atoms with E-state index >= 15 is 0 Å². The maximum Gasteiger partial charge on any atom is 0.194 e. The van der Waals surface area contributed by atoms with Crippen molar-refractivity contribution in [3.05, 3.63) is 24.1 Å². The lowest BCUT2D eigenvalue weighted by atomic mass is 10.5. The Bertz CT molecular complexity index is 160. The molecule has 0 saturated heterocycles. The van der Waals surface area contributed by atoms with Gasteiger partial charge in [-0.3, -0.25) is 0 Å². The quantitative estimate of drug-likeness (QED) is 0.493. The van der Waals surface area contributed by atoms with Gasteiger partial charge in [0.2, 0.25) is 0 Å². The Morgan fingerprint density at radius 1 is 1.50 bits per heavy atom. The molecule has 2 nitrogen and oxygen atoms in total. The molecule has 0 spiro atoms. The summed E-state index contributed by atoms with van der Waals surface area (Å²) in [6, 6.07) is 0. The van der Waals surface area contributed by atoms with E-state index in [4.69, 9.17) is 10.3 Å². The number of hydrogen-bond donors (Lipinski definition) is 1.